The summed E-state index contributed by atoms with van der Waals surface area (Å²) in [5.74, 6) is -3.48. The summed E-state index contributed by atoms with van der Waals surface area (Å²) < 4.78 is 36.3. The van der Waals surface area contributed by atoms with Crippen LogP contribution in [0.4, 0.5) is 8.78 Å². The summed E-state index contributed by atoms with van der Waals surface area (Å²) >= 11 is 2.94. The first-order valence-electron chi connectivity index (χ1n) is 4.60. The minimum Gasteiger partial charge on any atom is -0.462 e. The van der Waals surface area contributed by atoms with Gasteiger partial charge in [-0.3, -0.25) is 0 Å². The Balaban J connectivity index is 2.49. The lowest BCUT2D eigenvalue weighted by Gasteiger charge is -2.00. The third-order valence-corrected chi connectivity index (χ3v) is 2.47. The highest BCUT2D eigenvalue weighted by molar-refractivity contribution is 9.10. The fourth-order valence-electron chi connectivity index (χ4n) is 1.25. The molecule has 0 aliphatic heterocycles. The van der Waals surface area contributed by atoms with E-state index in [-0.39, 0.29) is 10.3 Å². The molecule has 0 atom stereocenters. The van der Waals surface area contributed by atoms with E-state index in [4.69, 9.17) is 0 Å². The van der Waals surface area contributed by atoms with Crippen LogP contribution in [0.2, 0.25) is 0 Å². The zero-order valence-electron chi connectivity index (χ0n) is 8.91. The van der Waals surface area contributed by atoms with Crippen LogP contribution in [0, 0.1) is 11.6 Å². The number of benzene rings is 1. The highest BCUT2D eigenvalue weighted by Gasteiger charge is 2.21. The number of carbonyl (C=O) groups is 1. The summed E-state index contributed by atoms with van der Waals surface area (Å²) in [4.78, 5) is 14.6. The summed E-state index contributed by atoms with van der Waals surface area (Å²) in [6.45, 7) is 0. The van der Waals surface area contributed by atoms with E-state index in [1.165, 1.54) is 0 Å². The van der Waals surface area contributed by atoms with Gasteiger partial charge in [0.2, 0.25) is 5.82 Å². The van der Waals surface area contributed by atoms with Crippen molar-refractivity contribution in [3.63, 3.8) is 0 Å². The van der Waals surface area contributed by atoms with Crippen LogP contribution in [0.3, 0.4) is 0 Å². The third kappa shape index (κ3) is 2.23. The van der Waals surface area contributed by atoms with Crippen molar-refractivity contribution in [2.45, 2.75) is 0 Å². The van der Waals surface area contributed by atoms with Gasteiger partial charge in [-0.2, -0.15) is 4.98 Å². The van der Waals surface area contributed by atoms with Gasteiger partial charge in [0.1, 0.15) is 11.6 Å². The molecule has 1 heterocycles. The Labute approximate surface area is 108 Å². The van der Waals surface area contributed by atoms with E-state index in [1.54, 1.807) is 0 Å². The molecule has 94 valence electrons. The van der Waals surface area contributed by atoms with Gasteiger partial charge in [-0.1, -0.05) is 21.1 Å². The number of hydrogen-bond donors (Lipinski definition) is 0. The molecule has 2 rings (SSSR count). The van der Waals surface area contributed by atoms with E-state index in [9.17, 15) is 13.6 Å². The Morgan fingerprint density at radius 3 is 2.56 bits per heavy atom. The molecule has 0 saturated carbocycles. The Morgan fingerprint density at radius 1 is 1.39 bits per heavy atom. The number of aromatic nitrogens is 2. The maximum atomic E-state index is 13.6. The molecule has 0 radical (unpaired) electrons. The first-order chi connectivity index (χ1) is 8.52. The van der Waals surface area contributed by atoms with Crippen LogP contribution in [0.1, 0.15) is 10.7 Å². The predicted octanol–water partition coefficient (Wildman–Crippen LogP) is 2.56. The van der Waals surface area contributed by atoms with Crippen LogP contribution in [-0.4, -0.2) is 23.2 Å². The van der Waals surface area contributed by atoms with Crippen molar-refractivity contribution >= 4 is 21.9 Å². The van der Waals surface area contributed by atoms with Crippen molar-refractivity contribution in [1.82, 2.24) is 10.1 Å². The quantitative estimate of drug-likeness (QED) is 0.796. The molecule has 0 spiro atoms. The van der Waals surface area contributed by atoms with Crippen molar-refractivity contribution in [1.29, 1.82) is 0 Å². The first kappa shape index (κ1) is 12.6. The Morgan fingerprint density at radius 2 is 2.00 bits per heavy atom. The second-order valence-electron chi connectivity index (χ2n) is 3.16. The summed E-state index contributed by atoms with van der Waals surface area (Å²) in [5.41, 5.74) is -0.475. The van der Waals surface area contributed by atoms with Crippen molar-refractivity contribution in [3.8, 4) is 11.4 Å². The van der Waals surface area contributed by atoms with Gasteiger partial charge >= 0.3 is 11.9 Å². The molecular weight excluding hydrogens is 314 g/mol. The lowest BCUT2D eigenvalue weighted by molar-refractivity contribution is 0.0545. The van der Waals surface area contributed by atoms with Crippen LogP contribution >= 0.6 is 15.9 Å². The lowest BCUT2D eigenvalue weighted by Crippen LogP contribution is -2.01. The maximum Gasteiger partial charge on any atom is 0.397 e. The van der Waals surface area contributed by atoms with Gasteiger partial charge in [0.25, 0.3) is 0 Å². The second-order valence-corrected chi connectivity index (χ2v) is 4.07. The standard InChI is InChI=1S/C10H5BrF2N2O3/c1-17-10(16)9-14-8(15-18-9)7-5(12)2-4(11)3-6(7)13/h2-3H,1H3. The Bertz CT molecular complexity index is 592. The maximum absolute atomic E-state index is 13.6. The molecule has 8 heteroatoms. The number of rotatable bonds is 2. The van der Waals surface area contributed by atoms with Crippen molar-refractivity contribution in [2.24, 2.45) is 0 Å². The van der Waals surface area contributed by atoms with E-state index in [0.29, 0.717) is 0 Å². The van der Waals surface area contributed by atoms with Gasteiger partial charge in [0.05, 0.1) is 12.7 Å². The molecule has 18 heavy (non-hydrogen) atoms. The van der Waals surface area contributed by atoms with Crippen LogP contribution in [0.25, 0.3) is 11.4 Å². The minimum atomic E-state index is -0.883. The molecule has 2 aromatic rings. The number of nitrogens with zero attached hydrogens (tertiary/aromatic N) is 2. The summed E-state index contributed by atoms with van der Waals surface area (Å²) in [5, 5.41) is 3.32. The molecule has 1 aromatic carbocycles. The smallest absolute Gasteiger partial charge is 0.397 e. The molecule has 0 unspecified atom stereocenters. The van der Waals surface area contributed by atoms with Crippen LogP contribution in [0.15, 0.2) is 21.1 Å². The Hall–Kier alpha value is -1.83. The van der Waals surface area contributed by atoms with Crippen molar-refractivity contribution in [2.75, 3.05) is 7.11 Å². The average Bonchev–Trinajstić information content (AvgIpc) is 2.76. The van der Waals surface area contributed by atoms with Gasteiger partial charge in [0.15, 0.2) is 0 Å². The minimum absolute atomic E-state index is 0.234. The largest absolute Gasteiger partial charge is 0.462 e. The summed E-state index contributed by atoms with van der Waals surface area (Å²) in [6, 6.07) is 2.10. The SMILES string of the molecule is COC(=O)c1nc(-c2c(F)cc(Br)cc2F)no1. The molecule has 0 N–H and O–H groups in total. The van der Waals surface area contributed by atoms with Gasteiger partial charge in [-0.25, -0.2) is 13.6 Å². The molecule has 0 bridgehead atoms. The number of carbonyl (C=O) groups excluding carboxylic acids is 1. The second kappa shape index (κ2) is 4.81. The van der Waals surface area contributed by atoms with Crippen LogP contribution in [0.5, 0.6) is 0 Å². The zero-order chi connectivity index (χ0) is 13.3. The van der Waals surface area contributed by atoms with Gasteiger partial charge in [-0.05, 0) is 12.1 Å². The molecule has 0 fully saturated rings. The molecule has 0 aliphatic carbocycles. The predicted molar refractivity (Wildman–Crippen MR) is 58.7 cm³/mol. The first-order valence-corrected chi connectivity index (χ1v) is 5.39. The fourth-order valence-corrected chi connectivity index (χ4v) is 1.65. The zero-order valence-corrected chi connectivity index (χ0v) is 10.5. The van der Waals surface area contributed by atoms with E-state index >= 15 is 0 Å². The van der Waals surface area contributed by atoms with Crippen LogP contribution < -0.4 is 0 Å². The van der Waals surface area contributed by atoms with Crippen molar-refractivity contribution < 1.29 is 22.8 Å². The van der Waals surface area contributed by atoms with E-state index in [2.05, 4.69) is 35.3 Å². The molecule has 0 saturated heterocycles. The highest BCUT2D eigenvalue weighted by Crippen LogP contribution is 2.26. The van der Waals surface area contributed by atoms with E-state index in [1.807, 2.05) is 0 Å². The number of halogens is 3. The molecular formula is C10H5BrF2N2O3. The third-order valence-electron chi connectivity index (χ3n) is 2.02. The van der Waals surface area contributed by atoms with E-state index in [0.717, 1.165) is 19.2 Å². The number of ether oxygens (including phenoxy) is 1. The monoisotopic (exact) mass is 318 g/mol. The highest BCUT2D eigenvalue weighted by atomic mass is 79.9. The molecule has 0 amide bonds. The van der Waals surface area contributed by atoms with Crippen molar-refractivity contribution in [3.05, 3.63) is 34.1 Å². The van der Waals surface area contributed by atoms with Crippen LogP contribution in [-0.2, 0) is 4.74 Å². The summed E-state index contributed by atoms with van der Waals surface area (Å²) in [6.07, 6.45) is 0. The Kier molecular flexibility index (Phi) is 3.37. The van der Waals surface area contributed by atoms with E-state index < -0.39 is 29.1 Å². The number of hydrogen-bond acceptors (Lipinski definition) is 5. The average molecular weight is 319 g/mol. The summed E-state index contributed by atoms with van der Waals surface area (Å²) in [7, 11) is 1.12. The van der Waals surface area contributed by atoms with Gasteiger partial charge in [-0.15, -0.1) is 0 Å². The molecule has 5 nitrogen and oxygen atoms in total. The number of esters is 1. The molecule has 1 aromatic heterocycles. The fraction of sp³-hybridized carbons (Fsp3) is 0.100. The van der Waals surface area contributed by atoms with Gasteiger partial charge < -0.3 is 9.26 Å². The normalized spacial score (nSPS) is 10.4. The topological polar surface area (TPSA) is 65.2 Å². The molecule has 0 aliphatic rings. The van der Waals surface area contributed by atoms with Gasteiger partial charge in [0, 0.05) is 4.47 Å². The lowest BCUT2D eigenvalue weighted by atomic mass is 10.2. The number of methoxy groups -OCH3 is 1.